The number of hydrogen-bond donors (Lipinski definition) is 2. The van der Waals surface area contributed by atoms with Crippen molar-refractivity contribution in [1.82, 2.24) is 15.3 Å². The molecular formula is C21H19FN4O2S. The van der Waals surface area contributed by atoms with Crippen LogP contribution < -0.4 is 10.6 Å². The van der Waals surface area contributed by atoms with Gasteiger partial charge in [-0.15, -0.1) is 0 Å². The van der Waals surface area contributed by atoms with Gasteiger partial charge in [0.05, 0.1) is 17.8 Å². The molecule has 148 valence electrons. The second-order valence-electron chi connectivity index (χ2n) is 6.80. The molecule has 0 spiro atoms. The number of thioether (sulfide) groups is 1. The van der Waals surface area contributed by atoms with Crippen molar-refractivity contribution in [2.45, 2.75) is 23.8 Å². The highest BCUT2D eigenvalue weighted by atomic mass is 32.2. The van der Waals surface area contributed by atoms with Crippen molar-refractivity contribution in [3.8, 4) is 0 Å². The molecule has 1 aliphatic rings. The maximum atomic E-state index is 12.9. The number of anilines is 1. The lowest BCUT2D eigenvalue weighted by Crippen LogP contribution is -2.33. The number of carbonyl (C=O) groups is 2. The van der Waals surface area contributed by atoms with E-state index in [-0.39, 0.29) is 29.9 Å². The summed E-state index contributed by atoms with van der Waals surface area (Å²) in [5.41, 5.74) is 1.35. The molecule has 0 saturated heterocycles. The second-order valence-corrected chi connectivity index (χ2v) is 7.76. The van der Waals surface area contributed by atoms with Gasteiger partial charge in [0, 0.05) is 17.0 Å². The molecule has 0 aliphatic heterocycles. The Kier molecular flexibility index (Phi) is 5.71. The Hall–Kier alpha value is -3.00. The molecule has 4 rings (SSSR count). The molecule has 3 aromatic rings. The topological polar surface area (TPSA) is 84.0 Å². The van der Waals surface area contributed by atoms with Crippen LogP contribution in [0.3, 0.4) is 0 Å². The molecule has 2 aromatic carbocycles. The third-order valence-electron chi connectivity index (χ3n) is 4.44. The fourth-order valence-corrected chi connectivity index (χ4v) is 3.66. The monoisotopic (exact) mass is 410 g/mol. The summed E-state index contributed by atoms with van der Waals surface area (Å²) >= 11 is 1.34. The van der Waals surface area contributed by atoms with Crippen LogP contribution in [0.15, 0.2) is 53.6 Å². The van der Waals surface area contributed by atoms with Gasteiger partial charge in [-0.25, -0.2) is 14.4 Å². The Labute approximate surface area is 171 Å². The van der Waals surface area contributed by atoms with Crippen molar-refractivity contribution in [3.63, 3.8) is 0 Å². The molecule has 8 heteroatoms. The summed E-state index contributed by atoms with van der Waals surface area (Å²) in [6.45, 7) is -0.158. The Morgan fingerprint density at radius 2 is 1.79 bits per heavy atom. The quantitative estimate of drug-likeness (QED) is 0.460. The van der Waals surface area contributed by atoms with E-state index in [1.807, 2.05) is 24.3 Å². The Balaban J connectivity index is 1.32. The van der Waals surface area contributed by atoms with E-state index in [9.17, 15) is 14.0 Å². The van der Waals surface area contributed by atoms with Crippen LogP contribution in [0.2, 0.25) is 0 Å². The number of nitrogens with one attached hydrogen (secondary N) is 2. The van der Waals surface area contributed by atoms with Crippen molar-refractivity contribution in [2.75, 3.05) is 17.6 Å². The number of rotatable bonds is 7. The summed E-state index contributed by atoms with van der Waals surface area (Å²) in [5, 5.41) is 6.90. The van der Waals surface area contributed by atoms with E-state index < -0.39 is 0 Å². The first kappa shape index (κ1) is 19.3. The SMILES string of the molecule is O=C(CSc1nc(C2CC2)nc2ccccc12)NCC(=O)Nc1ccc(F)cc1. The number of fused-ring (bicyclic) bond motifs is 1. The van der Waals surface area contributed by atoms with Gasteiger partial charge in [0.15, 0.2) is 0 Å². The van der Waals surface area contributed by atoms with Crippen LogP contribution in [0.1, 0.15) is 24.6 Å². The number of amides is 2. The number of hydrogen-bond acceptors (Lipinski definition) is 5. The molecule has 1 aliphatic carbocycles. The predicted octanol–water partition coefficient (Wildman–Crippen LogP) is 3.49. The molecule has 1 aromatic heterocycles. The van der Waals surface area contributed by atoms with E-state index in [0.717, 1.165) is 34.6 Å². The van der Waals surface area contributed by atoms with E-state index in [2.05, 4.69) is 20.6 Å². The summed E-state index contributed by atoms with van der Waals surface area (Å²) in [4.78, 5) is 33.4. The van der Waals surface area contributed by atoms with Crippen molar-refractivity contribution in [1.29, 1.82) is 0 Å². The molecular weight excluding hydrogens is 391 g/mol. The molecule has 1 saturated carbocycles. The zero-order valence-electron chi connectivity index (χ0n) is 15.5. The zero-order valence-corrected chi connectivity index (χ0v) is 16.3. The summed E-state index contributed by atoms with van der Waals surface area (Å²) in [7, 11) is 0. The fourth-order valence-electron chi connectivity index (χ4n) is 2.80. The van der Waals surface area contributed by atoms with Gasteiger partial charge in [-0.05, 0) is 43.2 Å². The molecule has 0 radical (unpaired) electrons. The number of halogens is 1. The molecule has 29 heavy (non-hydrogen) atoms. The number of carbonyl (C=O) groups excluding carboxylic acids is 2. The van der Waals surface area contributed by atoms with Gasteiger partial charge in [-0.1, -0.05) is 30.0 Å². The van der Waals surface area contributed by atoms with E-state index in [0.29, 0.717) is 11.6 Å². The molecule has 2 N–H and O–H groups in total. The second kappa shape index (κ2) is 8.57. The average Bonchev–Trinajstić information content (AvgIpc) is 3.57. The summed E-state index contributed by atoms with van der Waals surface area (Å²) in [5.74, 6) is 0.386. The van der Waals surface area contributed by atoms with Crippen LogP contribution in [0.25, 0.3) is 10.9 Å². The largest absolute Gasteiger partial charge is 0.346 e. The molecule has 1 fully saturated rings. The normalized spacial score (nSPS) is 13.3. The highest BCUT2D eigenvalue weighted by molar-refractivity contribution is 8.00. The molecule has 0 unspecified atom stereocenters. The first-order chi connectivity index (χ1) is 14.1. The Morgan fingerprint density at radius 3 is 2.55 bits per heavy atom. The van der Waals surface area contributed by atoms with E-state index in [4.69, 9.17) is 0 Å². The predicted molar refractivity (Wildman–Crippen MR) is 110 cm³/mol. The minimum absolute atomic E-state index is 0.148. The first-order valence-corrected chi connectivity index (χ1v) is 10.3. The van der Waals surface area contributed by atoms with Crippen molar-refractivity contribution < 1.29 is 14.0 Å². The highest BCUT2D eigenvalue weighted by Gasteiger charge is 2.27. The van der Waals surface area contributed by atoms with Gasteiger partial charge in [0.1, 0.15) is 16.7 Å². The minimum atomic E-state index is -0.379. The Morgan fingerprint density at radius 1 is 1.03 bits per heavy atom. The Bertz CT molecular complexity index is 1050. The number of aromatic nitrogens is 2. The van der Waals surface area contributed by atoms with E-state index in [1.54, 1.807) is 0 Å². The van der Waals surface area contributed by atoms with Gasteiger partial charge in [-0.2, -0.15) is 0 Å². The minimum Gasteiger partial charge on any atom is -0.346 e. The zero-order chi connectivity index (χ0) is 20.2. The number of benzene rings is 2. The summed E-state index contributed by atoms with van der Waals surface area (Å²) in [6.07, 6.45) is 2.21. The van der Waals surface area contributed by atoms with Gasteiger partial charge in [0.25, 0.3) is 0 Å². The van der Waals surface area contributed by atoms with Gasteiger partial charge in [0.2, 0.25) is 11.8 Å². The summed E-state index contributed by atoms with van der Waals surface area (Å²) in [6, 6.07) is 13.2. The van der Waals surface area contributed by atoms with Gasteiger partial charge in [-0.3, -0.25) is 9.59 Å². The van der Waals surface area contributed by atoms with Crippen LogP contribution in [-0.2, 0) is 9.59 Å². The van der Waals surface area contributed by atoms with Crippen molar-refractivity contribution in [2.24, 2.45) is 0 Å². The lowest BCUT2D eigenvalue weighted by atomic mass is 10.2. The van der Waals surface area contributed by atoms with Gasteiger partial charge >= 0.3 is 0 Å². The summed E-state index contributed by atoms with van der Waals surface area (Å²) < 4.78 is 12.9. The smallest absolute Gasteiger partial charge is 0.243 e. The lowest BCUT2D eigenvalue weighted by Gasteiger charge is -2.09. The molecule has 0 atom stereocenters. The van der Waals surface area contributed by atoms with Crippen molar-refractivity contribution in [3.05, 3.63) is 60.2 Å². The van der Waals surface area contributed by atoms with E-state index in [1.165, 1.54) is 36.0 Å². The standard InChI is InChI=1S/C21H19FN4O2S/c22-14-7-9-15(10-8-14)24-18(27)11-23-19(28)12-29-21-16-3-1-2-4-17(16)25-20(26-21)13-5-6-13/h1-4,7-10,13H,5-6,11-12H2,(H,23,28)(H,24,27). The number of para-hydroxylation sites is 1. The van der Waals surface area contributed by atoms with Crippen LogP contribution >= 0.6 is 11.8 Å². The third kappa shape index (κ3) is 5.08. The average molecular weight is 410 g/mol. The number of nitrogens with zero attached hydrogens (tertiary/aromatic N) is 2. The van der Waals surface area contributed by atoms with Gasteiger partial charge < -0.3 is 10.6 Å². The molecule has 1 heterocycles. The molecule has 6 nitrogen and oxygen atoms in total. The van der Waals surface area contributed by atoms with Crippen LogP contribution in [0.5, 0.6) is 0 Å². The van der Waals surface area contributed by atoms with E-state index >= 15 is 0 Å². The third-order valence-corrected chi connectivity index (χ3v) is 5.43. The molecule has 2 amide bonds. The van der Waals surface area contributed by atoms with Crippen LogP contribution in [-0.4, -0.2) is 34.1 Å². The highest BCUT2D eigenvalue weighted by Crippen LogP contribution is 2.39. The molecule has 0 bridgehead atoms. The maximum absolute atomic E-state index is 12.9. The van der Waals surface area contributed by atoms with Crippen LogP contribution in [0.4, 0.5) is 10.1 Å². The van der Waals surface area contributed by atoms with Crippen LogP contribution in [0, 0.1) is 5.82 Å². The maximum Gasteiger partial charge on any atom is 0.243 e. The fraction of sp³-hybridized carbons (Fsp3) is 0.238. The van der Waals surface area contributed by atoms with Crippen molar-refractivity contribution >= 4 is 40.2 Å². The lowest BCUT2D eigenvalue weighted by molar-refractivity contribution is -0.122. The first-order valence-electron chi connectivity index (χ1n) is 9.30.